The molecule has 0 bridgehead atoms. The molecule has 0 saturated heterocycles. The minimum absolute atomic E-state index is 0. The Balaban J connectivity index is 0.00000361. The fraction of sp³-hybridized carbons (Fsp3) is 0.500. The van der Waals surface area contributed by atoms with E-state index in [1.54, 1.807) is 0 Å². The molecule has 0 spiro atoms. The van der Waals surface area contributed by atoms with E-state index in [1.165, 1.54) is 0 Å². The number of rotatable bonds is 9. The van der Waals surface area contributed by atoms with Crippen molar-refractivity contribution in [1.82, 2.24) is 4.90 Å². The maximum absolute atomic E-state index is 10.7. The van der Waals surface area contributed by atoms with E-state index in [1.807, 2.05) is 29.2 Å². The lowest BCUT2D eigenvalue weighted by molar-refractivity contribution is -0.138. The number of ether oxygens (including phenoxy) is 1. The van der Waals surface area contributed by atoms with Crippen molar-refractivity contribution in [3.8, 4) is 5.75 Å². The molecule has 0 aliphatic carbocycles. The zero-order chi connectivity index (χ0) is 14.1. The third-order valence-corrected chi connectivity index (χ3v) is 3.25. The summed E-state index contributed by atoms with van der Waals surface area (Å²) in [6.45, 7) is 4.34. The number of carboxylic acid groups (broad SMARTS) is 1. The van der Waals surface area contributed by atoms with Crippen LogP contribution in [0.5, 0.6) is 5.75 Å². The zero-order valence-electron chi connectivity index (χ0n) is 11.5. The highest BCUT2D eigenvalue weighted by molar-refractivity contribution is 14.1. The summed E-state index contributed by atoms with van der Waals surface area (Å²) in [4.78, 5) is 12.6. The molecule has 0 radical (unpaired) electrons. The van der Waals surface area contributed by atoms with Crippen LogP contribution < -0.4 is 4.74 Å². The molecular formula is C14H21ClINO3. The van der Waals surface area contributed by atoms with Crippen LogP contribution in [-0.4, -0.2) is 42.2 Å². The number of nitrogens with zero attached hydrogens (tertiary/aromatic N) is 1. The Morgan fingerprint density at radius 3 is 2.75 bits per heavy atom. The van der Waals surface area contributed by atoms with Gasteiger partial charge in [0.1, 0.15) is 5.75 Å². The Morgan fingerprint density at radius 2 is 2.15 bits per heavy atom. The van der Waals surface area contributed by atoms with Crippen LogP contribution in [0.15, 0.2) is 24.3 Å². The fourth-order valence-electron chi connectivity index (χ4n) is 1.81. The summed E-state index contributed by atoms with van der Waals surface area (Å²) in [6, 6.07) is 7.90. The lowest BCUT2D eigenvalue weighted by atomic mass is 10.3. The average Bonchev–Trinajstić information content (AvgIpc) is 2.34. The molecule has 0 atom stereocenters. The average molecular weight is 414 g/mol. The van der Waals surface area contributed by atoms with Gasteiger partial charge in [-0.15, -0.1) is 12.4 Å². The van der Waals surface area contributed by atoms with Crippen molar-refractivity contribution >= 4 is 41.0 Å². The molecule has 4 nitrogen and oxygen atoms in total. The zero-order valence-corrected chi connectivity index (χ0v) is 14.5. The van der Waals surface area contributed by atoms with Gasteiger partial charge in [-0.05, 0) is 60.2 Å². The smallest absolute Gasteiger partial charge is 0.317 e. The SMILES string of the molecule is CCCN(CCCOc1cccc(I)c1)CC(=O)O.Cl. The summed E-state index contributed by atoms with van der Waals surface area (Å²) in [6.07, 6.45) is 1.80. The first kappa shape index (κ1) is 19.5. The van der Waals surface area contributed by atoms with E-state index in [-0.39, 0.29) is 19.0 Å². The van der Waals surface area contributed by atoms with Gasteiger partial charge in [-0.25, -0.2) is 0 Å². The molecule has 1 aromatic carbocycles. The highest BCUT2D eigenvalue weighted by Gasteiger charge is 2.08. The first-order valence-electron chi connectivity index (χ1n) is 6.44. The van der Waals surface area contributed by atoms with Gasteiger partial charge in [-0.1, -0.05) is 13.0 Å². The molecular weight excluding hydrogens is 393 g/mol. The number of halogens is 2. The summed E-state index contributed by atoms with van der Waals surface area (Å²) in [5.41, 5.74) is 0. The quantitative estimate of drug-likeness (QED) is 0.499. The predicted octanol–water partition coefficient (Wildman–Crippen LogP) is 3.28. The Morgan fingerprint density at radius 1 is 1.40 bits per heavy atom. The van der Waals surface area contributed by atoms with Crippen LogP contribution >= 0.6 is 35.0 Å². The van der Waals surface area contributed by atoms with E-state index in [4.69, 9.17) is 9.84 Å². The summed E-state index contributed by atoms with van der Waals surface area (Å²) in [7, 11) is 0. The normalized spacial score (nSPS) is 10.2. The Hall–Kier alpha value is -0.530. The van der Waals surface area contributed by atoms with Gasteiger partial charge in [0.25, 0.3) is 0 Å². The molecule has 1 rings (SSSR count). The molecule has 0 heterocycles. The Kier molecular flexibility index (Phi) is 10.9. The first-order valence-corrected chi connectivity index (χ1v) is 7.52. The molecule has 6 heteroatoms. The van der Waals surface area contributed by atoms with Crippen LogP contribution in [0.3, 0.4) is 0 Å². The van der Waals surface area contributed by atoms with Gasteiger partial charge in [-0.3, -0.25) is 9.69 Å². The lowest BCUT2D eigenvalue weighted by Crippen LogP contribution is -2.32. The summed E-state index contributed by atoms with van der Waals surface area (Å²) < 4.78 is 6.79. The fourth-order valence-corrected chi connectivity index (χ4v) is 2.33. The number of hydrogen-bond acceptors (Lipinski definition) is 3. The van der Waals surface area contributed by atoms with Crippen molar-refractivity contribution < 1.29 is 14.6 Å². The molecule has 0 aromatic heterocycles. The molecule has 0 saturated carbocycles. The van der Waals surface area contributed by atoms with E-state index in [0.29, 0.717) is 6.61 Å². The second kappa shape index (κ2) is 11.2. The molecule has 114 valence electrons. The van der Waals surface area contributed by atoms with Crippen LogP contribution in [0.2, 0.25) is 0 Å². The topological polar surface area (TPSA) is 49.8 Å². The second-order valence-electron chi connectivity index (χ2n) is 4.33. The van der Waals surface area contributed by atoms with Crippen molar-refractivity contribution in [2.45, 2.75) is 19.8 Å². The number of carboxylic acids is 1. The molecule has 1 aromatic rings. The largest absolute Gasteiger partial charge is 0.494 e. The monoisotopic (exact) mass is 413 g/mol. The molecule has 0 aliphatic rings. The highest BCUT2D eigenvalue weighted by Crippen LogP contribution is 2.14. The van der Waals surface area contributed by atoms with Crippen LogP contribution in [0.4, 0.5) is 0 Å². The number of benzene rings is 1. The summed E-state index contributed by atoms with van der Waals surface area (Å²) in [5.74, 6) is 0.0964. The molecule has 1 N–H and O–H groups in total. The van der Waals surface area contributed by atoms with Crippen molar-refractivity contribution in [3.63, 3.8) is 0 Å². The van der Waals surface area contributed by atoms with Crippen LogP contribution in [0.1, 0.15) is 19.8 Å². The second-order valence-corrected chi connectivity index (χ2v) is 5.57. The number of carbonyl (C=O) groups is 1. The molecule has 0 unspecified atom stereocenters. The third-order valence-electron chi connectivity index (χ3n) is 2.58. The Bertz CT molecular complexity index is 404. The highest BCUT2D eigenvalue weighted by atomic mass is 127. The minimum Gasteiger partial charge on any atom is -0.494 e. The van der Waals surface area contributed by atoms with Gasteiger partial charge >= 0.3 is 5.97 Å². The Labute approximate surface area is 140 Å². The van der Waals surface area contributed by atoms with Crippen molar-refractivity contribution in [3.05, 3.63) is 27.8 Å². The minimum atomic E-state index is -0.771. The van der Waals surface area contributed by atoms with E-state index in [0.717, 1.165) is 35.3 Å². The lowest BCUT2D eigenvalue weighted by Gasteiger charge is -2.19. The van der Waals surface area contributed by atoms with E-state index in [2.05, 4.69) is 29.5 Å². The standard InChI is InChI=1S/C14H20INO3.ClH/c1-2-7-16(11-14(17)18)8-4-9-19-13-6-3-5-12(15)10-13;/h3,5-6,10H,2,4,7-9,11H2,1H3,(H,17,18);1H. The first-order chi connectivity index (χ1) is 9.11. The van der Waals surface area contributed by atoms with Crippen molar-refractivity contribution in [2.75, 3.05) is 26.2 Å². The van der Waals surface area contributed by atoms with Gasteiger partial charge in [-0.2, -0.15) is 0 Å². The van der Waals surface area contributed by atoms with Crippen LogP contribution in [0.25, 0.3) is 0 Å². The van der Waals surface area contributed by atoms with Crippen molar-refractivity contribution in [2.24, 2.45) is 0 Å². The molecule has 0 fully saturated rings. The molecule has 0 aliphatic heterocycles. The van der Waals surface area contributed by atoms with E-state index >= 15 is 0 Å². The maximum Gasteiger partial charge on any atom is 0.317 e. The van der Waals surface area contributed by atoms with Crippen LogP contribution in [-0.2, 0) is 4.79 Å². The summed E-state index contributed by atoms with van der Waals surface area (Å²) >= 11 is 2.25. The number of aliphatic carboxylic acids is 1. The number of hydrogen-bond donors (Lipinski definition) is 1. The van der Waals surface area contributed by atoms with Gasteiger partial charge in [0.05, 0.1) is 13.2 Å². The maximum atomic E-state index is 10.7. The van der Waals surface area contributed by atoms with Gasteiger partial charge in [0.2, 0.25) is 0 Å². The molecule has 0 amide bonds. The van der Waals surface area contributed by atoms with Crippen LogP contribution in [0, 0.1) is 3.57 Å². The van der Waals surface area contributed by atoms with E-state index in [9.17, 15) is 4.79 Å². The van der Waals surface area contributed by atoms with Gasteiger partial charge in [0.15, 0.2) is 0 Å². The third kappa shape index (κ3) is 8.60. The molecule has 20 heavy (non-hydrogen) atoms. The van der Waals surface area contributed by atoms with Gasteiger partial charge in [0, 0.05) is 10.1 Å². The van der Waals surface area contributed by atoms with Gasteiger partial charge < -0.3 is 9.84 Å². The van der Waals surface area contributed by atoms with Crippen molar-refractivity contribution in [1.29, 1.82) is 0 Å². The summed E-state index contributed by atoms with van der Waals surface area (Å²) in [5, 5.41) is 8.80. The van der Waals surface area contributed by atoms with E-state index < -0.39 is 5.97 Å². The predicted molar refractivity (Wildman–Crippen MR) is 90.9 cm³/mol.